The average molecular weight is 314 g/mol. The fraction of sp³-hybridized carbons (Fsp3) is 1.00. The molecule has 7 nitrogen and oxygen atoms in total. The van der Waals surface area contributed by atoms with Crippen molar-refractivity contribution >= 4 is 8.80 Å². The van der Waals surface area contributed by atoms with Crippen molar-refractivity contribution in [3.05, 3.63) is 0 Å². The molecule has 124 valence electrons. The van der Waals surface area contributed by atoms with E-state index < -0.39 is 14.9 Å². The third kappa shape index (κ3) is 9.78. The van der Waals surface area contributed by atoms with Crippen molar-refractivity contribution in [2.75, 3.05) is 39.6 Å². The van der Waals surface area contributed by atoms with E-state index >= 15 is 0 Å². The maximum atomic E-state index is 9.13. The molecule has 0 heterocycles. The van der Waals surface area contributed by atoms with Gasteiger partial charge in [-0.25, -0.2) is 0 Å². The highest BCUT2D eigenvalue weighted by atomic mass is 28.4. The largest absolute Gasteiger partial charge is 0.501 e. The van der Waals surface area contributed by atoms with Crippen LogP contribution in [0.2, 0.25) is 6.04 Å². The molecule has 0 aromatic rings. The summed E-state index contributed by atoms with van der Waals surface area (Å²) in [6.07, 6.45) is -0.0719. The van der Waals surface area contributed by atoms with Crippen LogP contribution in [0.4, 0.5) is 0 Å². The summed E-state index contributed by atoms with van der Waals surface area (Å²) in [5.74, 6) is 0. The van der Waals surface area contributed by atoms with Crippen LogP contribution in [0.5, 0.6) is 0 Å². The minimum atomic E-state index is -2.57. The first-order chi connectivity index (χ1) is 9.14. The summed E-state index contributed by atoms with van der Waals surface area (Å²) in [5, 5.41) is 17.8. The molecule has 0 saturated carbocycles. The molecular formula is C12H30O7Si. The summed E-state index contributed by atoms with van der Waals surface area (Å²) in [5.41, 5.74) is 0. The lowest BCUT2D eigenvalue weighted by Gasteiger charge is -2.28. The van der Waals surface area contributed by atoms with Gasteiger partial charge >= 0.3 is 8.80 Å². The van der Waals surface area contributed by atoms with Gasteiger partial charge in [-0.15, -0.1) is 0 Å². The second-order valence-electron chi connectivity index (χ2n) is 4.00. The highest BCUT2D eigenvalue weighted by Crippen LogP contribution is 2.18. The van der Waals surface area contributed by atoms with Crippen LogP contribution in [0.15, 0.2) is 0 Å². The zero-order chi connectivity index (χ0) is 14.6. The van der Waals surface area contributed by atoms with Gasteiger partial charge in [0.2, 0.25) is 0 Å². The predicted octanol–water partition coefficient (Wildman–Crippen LogP) is -0.0300. The standard InChI is InChI=1S/C12H28O6Si.H2O/c1-4-16-19(17-5-2,18-6-3)9-7-8-15-11-12(14)10-13;/h12-14H,4-11H2,1-3H3;1H2. The lowest BCUT2D eigenvalue weighted by atomic mass is 10.4. The zero-order valence-electron chi connectivity index (χ0n) is 12.8. The Morgan fingerprint density at radius 2 is 1.50 bits per heavy atom. The summed E-state index contributed by atoms with van der Waals surface area (Å²) < 4.78 is 22.4. The van der Waals surface area contributed by atoms with E-state index in [4.69, 9.17) is 28.2 Å². The summed E-state index contributed by atoms with van der Waals surface area (Å²) in [4.78, 5) is 0. The molecule has 0 aliphatic rings. The lowest BCUT2D eigenvalue weighted by Crippen LogP contribution is -2.46. The van der Waals surface area contributed by atoms with Crippen molar-refractivity contribution in [3.8, 4) is 0 Å². The first-order valence-electron chi connectivity index (χ1n) is 6.92. The number of rotatable bonds is 13. The van der Waals surface area contributed by atoms with Gasteiger partial charge in [0.05, 0.1) is 13.2 Å². The van der Waals surface area contributed by atoms with E-state index in [1.54, 1.807) is 0 Å². The van der Waals surface area contributed by atoms with Crippen molar-refractivity contribution in [2.24, 2.45) is 0 Å². The molecule has 0 aliphatic carbocycles. The van der Waals surface area contributed by atoms with Gasteiger partial charge in [0.1, 0.15) is 6.10 Å². The highest BCUT2D eigenvalue weighted by molar-refractivity contribution is 6.60. The van der Waals surface area contributed by atoms with E-state index in [2.05, 4.69) is 0 Å². The topological polar surface area (TPSA) is 109 Å². The number of hydrogen-bond acceptors (Lipinski definition) is 6. The van der Waals surface area contributed by atoms with Gasteiger partial charge in [0.15, 0.2) is 0 Å². The minimum Gasteiger partial charge on any atom is -0.412 e. The Morgan fingerprint density at radius 1 is 1.00 bits per heavy atom. The fourth-order valence-corrected chi connectivity index (χ4v) is 4.24. The van der Waals surface area contributed by atoms with Crippen molar-refractivity contribution in [2.45, 2.75) is 39.3 Å². The van der Waals surface area contributed by atoms with Crippen molar-refractivity contribution in [1.82, 2.24) is 0 Å². The lowest BCUT2D eigenvalue weighted by molar-refractivity contribution is 0.00466. The second-order valence-corrected chi connectivity index (χ2v) is 6.73. The maximum Gasteiger partial charge on any atom is 0.501 e. The Bertz CT molecular complexity index is 189. The Balaban J connectivity index is 0. The molecule has 0 fully saturated rings. The first kappa shape index (κ1) is 22.2. The molecule has 0 spiro atoms. The van der Waals surface area contributed by atoms with Crippen LogP contribution in [0, 0.1) is 0 Å². The molecule has 8 heteroatoms. The van der Waals surface area contributed by atoms with Gasteiger partial charge in [-0.05, 0) is 27.2 Å². The Morgan fingerprint density at radius 3 is 1.90 bits per heavy atom. The van der Waals surface area contributed by atoms with E-state index in [0.717, 1.165) is 6.42 Å². The van der Waals surface area contributed by atoms with Gasteiger partial charge < -0.3 is 33.7 Å². The maximum absolute atomic E-state index is 9.13. The molecule has 1 atom stereocenters. The number of aliphatic hydroxyl groups is 2. The summed E-state index contributed by atoms with van der Waals surface area (Å²) in [7, 11) is -2.57. The molecule has 0 aromatic heterocycles. The Labute approximate surface area is 122 Å². The van der Waals surface area contributed by atoms with Crippen LogP contribution in [0.1, 0.15) is 27.2 Å². The molecule has 0 saturated heterocycles. The predicted molar refractivity (Wildman–Crippen MR) is 77.6 cm³/mol. The highest BCUT2D eigenvalue weighted by Gasteiger charge is 2.39. The van der Waals surface area contributed by atoms with E-state index in [1.807, 2.05) is 20.8 Å². The summed E-state index contributed by atoms with van der Waals surface area (Å²) >= 11 is 0. The molecule has 0 aromatic carbocycles. The van der Waals surface area contributed by atoms with E-state index in [9.17, 15) is 0 Å². The van der Waals surface area contributed by atoms with Crippen LogP contribution in [-0.2, 0) is 18.0 Å². The number of aliphatic hydroxyl groups excluding tert-OH is 2. The molecule has 0 radical (unpaired) electrons. The van der Waals surface area contributed by atoms with Crippen LogP contribution in [0.25, 0.3) is 0 Å². The smallest absolute Gasteiger partial charge is 0.412 e. The van der Waals surface area contributed by atoms with Crippen LogP contribution in [0.3, 0.4) is 0 Å². The number of ether oxygens (including phenoxy) is 1. The Hall–Kier alpha value is -0.0631. The van der Waals surface area contributed by atoms with Crippen molar-refractivity contribution < 1.29 is 33.7 Å². The molecule has 0 bridgehead atoms. The summed E-state index contributed by atoms with van der Waals surface area (Å²) in [6.45, 7) is 7.82. The van der Waals surface area contributed by atoms with Gasteiger partial charge in [0.25, 0.3) is 0 Å². The summed E-state index contributed by atoms with van der Waals surface area (Å²) in [6, 6.07) is 0.692. The second kappa shape index (κ2) is 13.9. The SMILES string of the molecule is CCO[Si](CCCOCC(O)CO)(OCC)OCC.O. The van der Waals surface area contributed by atoms with Crippen LogP contribution >= 0.6 is 0 Å². The zero-order valence-corrected chi connectivity index (χ0v) is 13.8. The van der Waals surface area contributed by atoms with Crippen molar-refractivity contribution in [1.29, 1.82) is 0 Å². The molecule has 20 heavy (non-hydrogen) atoms. The van der Waals surface area contributed by atoms with Crippen molar-refractivity contribution in [3.63, 3.8) is 0 Å². The minimum absolute atomic E-state index is 0. The molecular weight excluding hydrogens is 284 g/mol. The monoisotopic (exact) mass is 314 g/mol. The van der Waals surface area contributed by atoms with Gasteiger partial charge in [-0.2, -0.15) is 0 Å². The van der Waals surface area contributed by atoms with Gasteiger partial charge in [-0.1, -0.05) is 0 Å². The van der Waals surface area contributed by atoms with E-state index in [0.29, 0.717) is 32.5 Å². The molecule has 1 unspecified atom stereocenters. The quantitative estimate of drug-likeness (QED) is 0.365. The number of hydrogen-bond donors (Lipinski definition) is 2. The van der Waals surface area contributed by atoms with Gasteiger partial charge in [-0.3, -0.25) is 0 Å². The van der Waals surface area contributed by atoms with E-state index in [-0.39, 0.29) is 18.7 Å². The molecule has 0 amide bonds. The molecule has 0 rings (SSSR count). The van der Waals surface area contributed by atoms with Gasteiger partial charge in [0, 0.05) is 32.5 Å². The fourth-order valence-electron chi connectivity index (χ4n) is 1.66. The molecule has 4 N–H and O–H groups in total. The first-order valence-corrected chi connectivity index (χ1v) is 8.85. The van der Waals surface area contributed by atoms with Crippen LogP contribution in [-0.4, -0.2) is 70.2 Å². The average Bonchev–Trinajstić information content (AvgIpc) is 2.39. The normalized spacial score (nSPS) is 13.1. The molecule has 0 aliphatic heterocycles. The Kier molecular flexibility index (Phi) is 15.4. The third-order valence-corrected chi connectivity index (χ3v) is 5.54. The van der Waals surface area contributed by atoms with E-state index in [1.165, 1.54) is 0 Å². The van der Waals surface area contributed by atoms with Crippen LogP contribution < -0.4 is 0 Å². The third-order valence-electron chi connectivity index (χ3n) is 2.39.